The highest BCUT2D eigenvalue weighted by molar-refractivity contribution is 4.93. The molecule has 1 rings (SSSR count). The first kappa shape index (κ1) is 11.0. The molecule has 1 aliphatic heterocycles. The molecule has 0 aromatic rings. The summed E-state index contributed by atoms with van der Waals surface area (Å²) in [5, 5.41) is 0. The molecular weight excluding hydrogens is 160 g/mol. The topological polar surface area (TPSA) is 29.3 Å². The molecule has 2 nitrogen and oxygen atoms in total. The third-order valence-electron chi connectivity index (χ3n) is 3.38. The van der Waals surface area contributed by atoms with E-state index in [2.05, 4.69) is 32.6 Å². The minimum Gasteiger partial charge on any atom is -0.329 e. The lowest BCUT2D eigenvalue weighted by Gasteiger charge is -2.40. The number of hydrogen-bond donors (Lipinski definition) is 1. The summed E-state index contributed by atoms with van der Waals surface area (Å²) < 4.78 is 0. The van der Waals surface area contributed by atoms with Gasteiger partial charge in [0.05, 0.1) is 0 Å². The van der Waals surface area contributed by atoms with Gasteiger partial charge in [0.1, 0.15) is 0 Å². The van der Waals surface area contributed by atoms with E-state index in [4.69, 9.17) is 5.73 Å². The van der Waals surface area contributed by atoms with Crippen molar-refractivity contribution in [2.75, 3.05) is 13.1 Å². The summed E-state index contributed by atoms with van der Waals surface area (Å²) in [4.78, 5) is 2.59. The quantitative estimate of drug-likeness (QED) is 0.725. The Bertz CT molecular complexity index is 163. The largest absolute Gasteiger partial charge is 0.329 e. The van der Waals surface area contributed by atoms with Crippen molar-refractivity contribution < 1.29 is 0 Å². The molecule has 0 aromatic carbocycles. The van der Waals surface area contributed by atoms with Gasteiger partial charge >= 0.3 is 0 Å². The predicted molar refractivity (Wildman–Crippen MR) is 57.7 cm³/mol. The first-order valence-electron chi connectivity index (χ1n) is 5.46. The van der Waals surface area contributed by atoms with Gasteiger partial charge in [-0.15, -0.1) is 0 Å². The number of nitrogens with two attached hydrogens (primary N) is 1. The van der Waals surface area contributed by atoms with Gasteiger partial charge in [-0.3, -0.25) is 4.90 Å². The maximum Gasteiger partial charge on any atom is 0.0246 e. The zero-order chi connectivity index (χ0) is 10.1. The average molecular weight is 184 g/mol. The molecule has 0 amide bonds. The van der Waals surface area contributed by atoms with Crippen LogP contribution in [-0.4, -0.2) is 29.6 Å². The van der Waals surface area contributed by atoms with Crippen molar-refractivity contribution in [3.8, 4) is 0 Å². The highest BCUT2D eigenvalue weighted by atomic mass is 15.2. The lowest BCUT2D eigenvalue weighted by molar-refractivity contribution is 0.0909. The van der Waals surface area contributed by atoms with Crippen LogP contribution in [0.1, 0.15) is 40.5 Å². The Balaban J connectivity index is 2.68. The monoisotopic (exact) mass is 184 g/mol. The van der Waals surface area contributed by atoms with Crippen molar-refractivity contribution in [3.05, 3.63) is 0 Å². The minimum atomic E-state index is 0.369. The Morgan fingerprint density at radius 2 is 2.00 bits per heavy atom. The molecule has 13 heavy (non-hydrogen) atoms. The first-order chi connectivity index (χ1) is 5.99. The standard InChI is InChI=1S/C11H24N2/c1-9(2)10(8-12)13-7-5-6-11(13,3)4/h9-10H,5-8,12H2,1-4H3. The van der Waals surface area contributed by atoms with E-state index in [0.29, 0.717) is 17.5 Å². The van der Waals surface area contributed by atoms with Gasteiger partial charge in [0.25, 0.3) is 0 Å². The lowest BCUT2D eigenvalue weighted by atomic mass is 9.96. The molecule has 1 saturated heterocycles. The third-order valence-corrected chi connectivity index (χ3v) is 3.38. The maximum absolute atomic E-state index is 5.83. The molecule has 78 valence electrons. The fraction of sp³-hybridized carbons (Fsp3) is 1.00. The Morgan fingerprint density at radius 3 is 2.31 bits per heavy atom. The fourth-order valence-corrected chi connectivity index (χ4v) is 2.50. The molecule has 0 saturated carbocycles. The van der Waals surface area contributed by atoms with E-state index >= 15 is 0 Å². The summed E-state index contributed by atoms with van der Waals surface area (Å²) in [6.45, 7) is 11.2. The molecule has 0 spiro atoms. The molecule has 0 aromatic heterocycles. The minimum absolute atomic E-state index is 0.369. The van der Waals surface area contributed by atoms with Crippen LogP contribution in [0.15, 0.2) is 0 Å². The number of rotatable bonds is 3. The van der Waals surface area contributed by atoms with E-state index in [0.717, 1.165) is 6.54 Å². The Kier molecular flexibility index (Phi) is 3.36. The summed E-state index contributed by atoms with van der Waals surface area (Å²) in [6, 6.07) is 0.567. The highest BCUT2D eigenvalue weighted by Gasteiger charge is 2.36. The second-order valence-electron chi connectivity index (χ2n) is 5.16. The number of nitrogens with zero attached hydrogens (tertiary/aromatic N) is 1. The van der Waals surface area contributed by atoms with Gasteiger partial charge in [-0.2, -0.15) is 0 Å². The molecule has 0 aliphatic carbocycles. The molecule has 2 heteroatoms. The summed E-state index contributed by atoms with van der Waals surface area (Å²) >= 11 is 0. The third kappa shape index (κ3) is 2.23. The van der Waals surface area contributed by atoms with Gasteiger partial charge in [-0.1, -0.05) is 13.8 Å². The van der Waals surface area contributed by atoms with E-state index in [1.54, 1.807) is 0 Å². The molecule has 1 unspecified atom stereocenters. The Hall–Kier alpha value is -0.0800. The van der Waals surface area contributed by atoms with Crippen molar-refractivity contribution in [2.24, 2.45) is 11.7 Å². The van der Waals surface area contributed by atoms with Crippen molar-refractivity contribution in [3.63, 3.8) is 0 Å². The molecular formula is C11H24N2. The molecule has 0 bridgehead atoms. The second-order valence-corrected chi connectivity index (χ2v) is 5.16. The van der Waals surface area contributed by atoms with Crippen LogP contribution < -0.4 is 5.73 Å². The van der Waals surface area contributed by atoms with Crippen LogP contribution in [0.2, 0.25) is 0 Å². The fourth-order valence-electron chi connectivity index (χ4n) is 2.50. The van der Waals surface area contributed by atoms with E-state index in [1.165, 1.54) is 19.4 Å². The molecule has 1 atom stereocenters. The summed E-state index contributed by atoms with van der Waals surface area (Å²) in [6.07, 6.45) is 2.65. The normalized spacial score (nSPS) is 25.4. The van der Waals surface area contributed by atoms with Gasteiger partial charge in [-0.25, -0.2) is 0 Å². The van der Waals surface area contributed by atoms with E-state index in [-0.39, 0.29) is 0 Å². The number of hydrogen-bond acceptors (Lipinski definition) is 2. The van der Waals surface area contributed by atoms with Crippen molar-refractivity contribution in [1.82, 2.24) is 4.90 Å². The van der Waals surface area contributed by atoms with Gasteiger partial charge in [0.15, 0.2) is 0 Å². The van der Waals surface area contributed by atoms with Gasteiger partial charge in [0.2, 0.25) is 0 Å². The molecule has 0 radical (unpaired) electrons. The van der Waals surface area contributed by atoms with Crippen LogP contribution in [0.4, 0.5) is 0 Å². The Labute approximate surface area is 82.5 Å². The van der Waals surface area contributed by atoms with Crippen molar-refractivity contribution >= 4 is 0 Å². The molecule has 1 heterocycles. The first-order valence-corrected chi connectivity index (χ1v) is 5.46. The van der Waals surface area contributed by atoms with Crippen LogP contribution >= 0.6 is 0 Å². The molecule has 1 fully saturated rings. The summed E-state index contributed by atoms with van der Waals surface area (Å²) in [5.41, 5.74) is 6.20. The Morgan fingerprint density at radius 1 is 1.38 bits per heavy atom. The number of likely N-dealkylation sites (tertiary alicyclic amines) is 1. The lowest BCUT2D eigenvalue weighted by Crippen LogP contribution is -2.51. The maximum atomic E-state index is 5.83. The van der Waals surface area contributed by atoms with Crippen LogP contribution in [0, 0.1) is 5.92 Å². The van der Waals surface area contributed by atoms with Gasteiger partial charge < -0.3 is 5.73 Å². The summed E-state index contributed by atoms with van der Waals surface area (Å²) in [5.74, 6) is 0.669. The van der Waals surface area contributed by atoms with E-state index < -0.39 is 0 Å². The van der Waals surface area contributed by atoms with Crippen molar-refractivity contribution in [1.29, 1.82) is 0 Å². The van der Waals surface area contributed by atoms with Crippen LogP contribution in [0.3, 0.4) is 0 Å². The average Bonchev–Trinajstić information content (AvgIpc) is 2.32. The van der Waals surface area contributed by atoms with E-state index in [9.17, 15) is 0 Å². The van der Waals surface area contributed by atoms with Crippen LogP contribution in [0.5, 0.6) is 0 Å². The smallest absolute Gasteiger partial charge is 0.0246 e. The predicted octanol–water partition coefficient (Wildman–Crippen LogP) is 1.84. The molecule has 1 aliphatic rings. The van der Waals surface area contributed by atoms with Crippen molar-refractivity contribution in [2.45, 2.75) is 52.1 Å². The highest BCUT2D eigenvalue weighted by Crippen LogP contribution is 2.31. The van der Waals surface area contributed by atoms with Gasteiger partial charge in [-0.05, 0) is 39.2 Å². The van der Waals surface area contributed by atoms with Gasteiger partial charge in [0, 0.05) is 18.1 Å². The SMILES string of the molecule is CC(C)C(CN)N1CCCC1(C)C. The summed E-state index contributed by atoms with van der Waals surface area (Å²) in [7, 11) is 0. The van der Waals surface area contributed by atoms with Crippen LogP contribution in [-0.2, 0) is 0 Å². The zero-order valence-corrected chi connectivity index (χ0v) is 9.51. The van der Waals surface area contributed by atoms with E-state index in [1.807, 2.05) is 0 Å². The van der Waals surface area contributed by atoms with Crippen LogP contribution in [0.25, 0.3) is 0 Å². The zero-order valence-electron chi connectivity index (χ0n) is 9.51. The molecule has 2 N–H and O–H groups in total. The second kappa shape index (κ2) is 3.97.